The van der Waals surface area contributed by atoms with E-state index in [0.29, 0.717) is 5.01 Å². The minimum absolute atomic E-state index is 0.0360. The summed E-state index contributed by atoms with van der Waals surface area (Å²) in [6, 6.07) is 0. The molecule has 15 heavy (non-hydrogen) atoms. The third-order valence-corrected chi connectivity index (χ3v) is 1.10. The van der Waals surface area contributed by atoms with E-state index in [1.807, 2.05) is 5.43 Å². The molecule has 0 atom stereocenters. The highest BCUT2D eigenvalue weighted by molar-refractivity contribution is 5.74. The average Bonchev–Trinajstić information content (AvgIpc) is 2.22. The first-order valence-corrected chi connectivity index (χ1v) is 4.04. The normalized spacial score (nSPS) is 8.60. The quantitative estimate of drug-likeness (QED) is 0.563. The maximum absolute atomic E-state index is 11.0. The molecule has 6 nitrogen and oxygen atoms in total. The fourth-order valence-electron chi connectivity index (χ4n) is 0.531. The van der Waals surface area contributed by atoms with Crippen molar-refractivity contribution < 1.29 is 19.1 Å². The Labute approximate surface area is 88.1 Å². The van der Waals surface area contributed by atoms with E-state index in [9.17, 15) is 9.59 Å². The highest BCUT2D eigenvalue weighted by atomic mass is 16.6. The molecule has 1 radical (unpaired) electrons. The predicted molar refractivity (Wildman–Crippen MR) is 53.4 cm³/mol. The first-order chi connectivity index (χ1) is 7.11. The van der Waals surface area contributed by atoms with E-state index in [1.54, 1.807) is 0 Å². The van der Waals surface area contributed by atoms with Gasteiger partial charge in [0.15, 0.2) is 0 Å². The average molecular weight is 213 g/mol. The van der Waals surface area contributed by atoms with Crippen LogP contribution in [0, 0.1) is 7.05 Å². The minimum Gasteiger partial charge on any atom is -0.444 e. The van der Waals surface area contributed by atoms with E-state index in [4.69, 9.17) is 0 Å². The Kier molecular flexibility index (Phi) is 6.45. The van der Waals surface area contributed by atoms with Gasteiger partial charge in [-0.25, -0.2) is 20.0 Å². The van der Waals surface area contributed by atoms with Crippen molar-refractivity contribution in [1.82, 2.24) is 10.4 Å². The van der Waals surface area contributed by atoms with Gasteiger partial charge in [-0.05, 0) is 0 Å². The van der Waals surface area contributed by atoms with E-state index >= 15 is 0 Å². The number of carbonyl (C=O) groups is 2. The van der Waals surface area contributed by atoms with Gasteiger partial charge >= 0.3 is 12.2 Å². The van der Waals surface area contributed by atoms with Crippen LogP contribution in [0.2, 0.25) is 0 Å². The number of rotatable bonds is 4. The molecule has 0 aromatic rings. The Bertz CT molecular complexity index is 252. The van der Waals surface area contributed by atoms with Gasteiger partial charge in [-0.15, -0.1) is 0 Å². The van der Waals surface area contributed by atoms with Crippen molar-refractivity contribution in [1.29, 1.82) is 0 Å². The summed E-state index contributed by atoms with van der Waals surface area (Å²) in [4.78, 5) is 21.9. The molecule has 0 saturated heterocycles. The van der Waals surface area contributed by atoms with E-state index < -0.39 is 12.2 Å². The molecule has 0 aromatic heterocycles. The van der Waals surface area contributed by atoms with E-state index in [-0.39, 0.29) is 13.2 Å². The molecule has 0 spiro atoms. The molecule has 2 amide bonds. The van der Waals surface area contributed by atoms with Crippen molar-refractivity contribution in [2.75, 3.05) is 13.2 Å². The third-order valence-electron chi connectivity index (χ3n) is 1.10. The number of nitrogens with zero attached hydrogens (tertiary/aromatic N) is 1. The maximum atomic E-state index is 11.0. The summed E-state index contributed by atoms with van der Waals surface area (Å²) in [5, 5.41) is 0.620. The van der Waals surface area contributed by atoms with Crippen LogP contribution in [0.15, 0.2) is 25.3 Å². The van der Waals surface area contributed by atoms with Gasteiger partial charge in [0.2, 0.25) is 0 Å². The summed E-state index contributed by atoms with van der Waals surface area (Å²) in [6.45, 7) is 6.78. The Morgan fingerprint density at radius 2 is 1.73 bits per heavy atom. The second-order valence-electron chi connectivity index (χ2n) is 2.29. The molecule has 0 aliphatic heterocycles. The van der Waals surface area contributed by atoms with Crippen molar-refractivity contribution in [3.8, 4) is 0 Å². The van der Waals surface area contributed by atoms with Crippen LogP contribution in [-0.2, 0) is 9.47 Å². The number of hydrogen-bond acceptors (Lipinski definition) is 4. The number of ether oxygens (including phenoxy) is 2. The standard InChI is InChI=1S/C9H13N2O4/c1-4-6-14-8(12)10-11(3)9(13)15-7-5-2/h4-5H,1-3,6-7H2,(H,10,12). The fourth-order valence-corrected chi connectivity index (χ4v) is 0.531. The Balaban J connectivity index is 3.84. The zero-order valence-corrected chi connectivity index (χ0v) is 8.27. The lowest BCUT2D eigenvalue weighted by molar-refractivity contribution is 0.0964. The van der Waals surface area contributed by atoms with E-state index in [2.05, 4.69) is 29.7 Å². The van der Waals surface area contributed by atoms with Gasteiger partial charge in [0.1, 0.15) is 13.2 Å². The molecular weight excluding hydrogens is 200 g/mol. The van der Waals surface area contributed by atoms with E-state index in [0.717, 1.165) is 0 Å². The van der Waals surface area contributed by atoms with Crippen LogP contribution >= 0.6 is 0 Å². The molecule has 0 aliphatic carbocycles. The van der Waals surface area contributed by atoms with Crippen LogP contribution in [0.4, 0.5) is 9.59 Å². The van der Waals surface area contributed by atoms with Crippen LogP contribution in [0.5, 0.6) is 0 Å². The lowest BCUT2D eigenvalue weighted by Gasteiger charge is -2.16. The second kappa shape index (κ2) is 7.43. The smallest absolute Gasteiger partial charge is 0.429 e. The molecule has 0 bridgehead atoms. The topological polar surface area (TPSA) is 67.9 Å². The Morgan fingerprint density at radius 1 is 1.20 bits per heavy atom. The third kappa shape index (κ3) is 6.14. The lowest BCUT2D eigenvalue weighted by Crippen LogP contribution is -2.42. The number of hydrazine groups is 1. The highest BCUT2D eigenvalue weighted by Gasteiger charge is 2.12. The van der Waals surface area contributed by atoms with Crippen molar-refractivity contribution in [2.24, 2.45) is 0 Å². The first kappa shape index (κ1) is 13.0. The fraction of sp³-hybridized carbons (Fsp3) is 0.222. The molecule has 0 aromatic carbocycles. The van der Waals surface area contributed by atoms with Crippen LogP contribution in [0.1, 0.15) is 0 Å². The van der Waals surface area contributed by atoms with Gasteiger partial charge in [-0.3, -0.25) is 0 Å². The molecule has 0 aliphatic rings. The molecule has 0 saturated carbocycles. The lowest BCUT2D eigenvalue weighted by atomic mass is 10.7. The summed E-state index contributed by atoms with van der Waals surface area (Å²) in [7, 11) is 3.23. The van der Waals surface area contributed by atoms with Crippen molar-refractivity contribution in [3.63, 3.8) is 0 Å². The number of amides is 2. The first-order valence-electron chi connectivity index (χ1n) is 4.04. The molecule has 0 rings (SSSR count). The highest BCUT2D eigenvalue weighted by Crippen LogP contribution is 1.89. The van der Waals surface area contributed by atoms with Crippen molar-refractivity contribution >= 4 is 12.2 Å². The summed E-state index contributed by atoms with van der Waals surface area (Å²) in [6.07, 6.45) is 1.15. The van der Waals surface area contributed by atoms with Crippen LogP contribution in [0.3, 0.4) is 0 Å². The summed E-state index contributed by atoms with van der Waals surface area (Å²) >= 11 is 0. The zero-order chi connectivity index (χ0) is 11.7. The minimum atomic E-state index is -0.819. The Morgan fingerprint density at radius 3 is 2.27 bits per heavy atom. The number of carbonyl (C=O) groups excluding carboxylic acids is 2. The summed E-state index contributed by atoms with van der Waals surface area (Å²) < 4.78 is 9.11. The van der Waals surface area contributed by atoms with Crippen molar-refractivity contribution in [2.45, 2.75) is 0 Å². The number of nitrogens with one attached hydrogen (secondary N) is 1. The molecule has 1 N–H and O–H groups in total. The van der Waals surface area contributed by atoms with Gasteiger partial charge in [-0.2, -0.15) is 0 Å². The summed E-state index contributed by atoms with van der Waals surface area (Å²) in [5.41, 5.74) is 2.03. The molecule has 0 heterocycles. The largest absolute Gasteiger partial charge is 0.444 e. The SMILES string of the molecule is [CH2]N(NC(=O)OCC=C)C(=O)OCC=C. The van der Waals surface area contributed by atoms with Crippen LogP contribution < -0.4 is 5.43 Å². The predicted octanol–water partition coefficient (Wildman–Crippen LogP) is 1.23. The molecule has 0 unspecified atom stereocenters. The van der Waals surface area contributed by atoms with Crippen LogP contribution in [-0.4, -0.2) is 30.4 Å². The van der Waals surface area contributed by atoms with Gasteiger partial charge < -0.3 is 9.47 Å². The maximum Gasteiger partial charge on any atom is 0.429 e. The zero-order valence-electron chi connectivity index (χ0n) is 8.27. The Hall–Kier alpha value is -1.98. The monoisotopic (exact) mass is 213 g/mol. The molecule has 0 fully saturated rings. The van der Waals surface area contributed by atoms with E-state index in [1.165, 1.54) is 12.2 Å². The summed E-state index contributed by atoms with van der Waals surface area (Å²) in [5.74, 6) is 0. The number of hydrogen-bond donors (Lipinski definition) is 1. The molecule has 83 valence electrons. The van der Waals surface area contributed by atoms with Gasteiger partial charge in [0.25, 0.3) is 0 Å². The molecule has 6 heteroatoms. The van der Waals surface area contributed by atoms with Crippen molar-refractivity contribution in [3.05, 3.63) is 32.4 Å². The molecular formula is C9H13N2O4. The van der Waals surface area contributed by atoms with Gasteiger partial charge in [-0.1, -0.05) is 25.3 Å². The van der Waals surface area contributed by atoms with Crippen LogP contribution in [0.25, 0.3) is 0 Å². The van der Waals surface area contributed by atoms with Gasteiger partial charge in [0.05, 0.1) is 7.05 Å². The van der Waals surface area contributed by atoms with Gasteiger partial charge in [0, 0.05) is 0 Å². The second-order valence-corrected chi connectivity index (χ2v) is 2.29.